The SMILES string of the molecule is COCCN(CC(C)C)C(=O)c1ccc(C(=O)OC)s1. The van der Waals surface area contributed by atoms with Crippen LogP contribution in [0.1, 0.15) is 33.2 Å². The van der Waals surface area contributed by atoms with Gasteiger partial charge in [0.25, 0.3) is 5.91 Å². The van der Waals surface area contributed by atoms with Crippen LogP contribution < -0.4 is 0 Å². The number of hydrogen-bond acceptors (Lipinski definition) is 5. The van der Waals surface area contributed by atoms with Gasteiger partial charge in [-0.3, -0.25) is 4.79 Å². The monoisotopic (exact) mass is 299 g/mol. The molecule has 0 saturated carbocycles. The first-order valence-electron chi connectivity index (χ1n) is 6.46. The lowest BCUT2D eigenvalue weighted by molar-refractivity contribution is 0.0606. The van der Waals surface area contributed by atoms with Gasteiger partial charge in [-0.15, -0.1) is 11.3 Å². The number of carbonyl (C=O) groups is 2. The van der Waals surface area contributed by atoms with Crippen LogP contribution in [0.2, 0.25) is 0 Å². The molecule has 6 heteroatoms. The van der Waals surface area contributed by atoms with E-state index in [0.29, 0.717) is 35.4 Å². The summed E-state index contributed by atoms with van der Waals surface area (Å²) < 4.78 is 9.68. The molecule has 5 nitrogen and oxygen atoms in total. The first-order valence-corrected chi connectivity index (χ1v) is 7.27. The van der Waals surface area contributed by atoms with E-state index >= 15 is 0 Å². The van der Waals surface area contributed by atoms with Crippen LogP contribution in [0.25, 0.3) is 0 Å². The Kier molecular flexibility index (Phi) is 6.67. The number of methoxy groups -OCH3 is 2. The molecule has 1 amide bonds. The topological polar surface area (TPSA) is 55.8 Å². The summed E-state index contributed by atoms with van der Waals surface area (Å²) >= 11 is 1.16. The Morgan fingerprint density at radius 2 is 1.90 bits per heavy atom. The highest BCUT2D eigenvalue weighted by molar-refractivity contribution is 7.15. The standard InChI is InChI=1S/C14H21NO4S/c1-10(2)9-15(7-8-18-3)13(16)11-5-6-12(20-11)14(17)19-4/h5-6,10H,7-9H2,1-4H3. The van der Waals surface area contributed by atoms with Crippen molar-refractivity contribution < 1.29 is 19.1 Å². The van der Waals surface area contributed by atoms with Crippen molar-refractivity contribution in [3.05, 3.63) is 21.9 Å². The highest BCUT2D eigenvalue weighted by Crippen LogP contribution is 2.19. The number of esters is 1. The lowest BCUT2D eigenvalue weighted by Gasteiger charge is -2.23. The zero-order valence-corrected chi connectivity index (χ0v) is 13.2. The lowest BCUT2D eigenvalue weighted by Crippen LogP contribution is -2.36. The van der Waals surface area contributed by atoms with Crippen molar-refractivity contribution in [3.8, 4) is 0 Å². The Hall–Kier alpha value is -1.40. The number of ether oxygens (including phenoxy) is 2. The fraction of sp³-hybridized carbons (Fsp3) is 0.571. The van der Waals surface area contributed by atoms with Crippen molar-refractivity contribution in [1.82, 2.24) is 4.90 Å². The average Bonchev–Trinajstić information content (AvgIpc) is 2.91. The summed E-state index contributed by atoms with van der Waals surface area (Å²) in [5.41, 5.74) is 0. The minimum absolute atomic E-state index is 0.0732. The van der Waals surface area contributed by atoms with E-state index in [1.54, 1.807) is 24.1 Å². The molecule has 0 radical (unpaired) electrons. The number of amides is 1. The van der Waals surface area contributed by atoms with Crippen molar-refractivity contribution in [2.24, 2.45) is 5.92 Å². The number of carbonyl (C=O) groups excluding carboxylic acids is 2. The molecular formula is C14H21NO4S. The predicted octanol–water partition coefficient (Wildman–Crippen LogP) is 2.28. The van der Waals surface area contributed by atoms with Gasteiger partial charge in [0.1, 0.15) is 4.88 Å². The van der Waals surface area contributed by atoms with Gasteiger partial charge in [0.05, 0.1) is 18.6 Å². The molecule has 20 heavy (non-hydrogen) atoms. The zero-order valence-electron chi connectivity index (χ0n) is 12.3. The van der Waals surface area contributed by atoms with Crippen LogP contribution in [0.15, 0.2) is 12.1 Å². The van der Waals surface area contributed by atoms with Gasteiger partial charge in [0, 0.05) is 20.2 Å². The Morgan fingerprint density at radius 1 is 1.25 bits per heavy atom. The minimum Gasteiger partial charge on any atom is -0.465 e. The summed E-state index contributed by atoms with van der Waals surface area (Å²) in [6.45, 7) is 5.81. The Bertz CT molecular complexity index is 456. The Morgan fingerprint density at radius 3 is 2.45 bits per heavy atom. The third-order valence-electron chi connectivity index (χ3n) is 2.64. The molecule has 0 aliphatic carbocycles. The first-order chi connectivity index (χ1) is 9.49. The van der Waals surface area contributed by atoms with E-state index in [4.69, 9.17) is 4.74 Å². The third-order valence-corrected chi connectivity index (χ3v) is 3.69. The van der Waals surface area contributed by atoms with Crippen LogP contribution in [0.4, 0.5) is 0 Å². The molecular weight excluding hydrogens is 278 g/mol. The molecule has 0 bridgehead atoms. The molecule has 1 heterocycles. The molecule has 0 unspecified atom stereocenters. The molecule has 0 saturated heterocycles. The number of thiophene rings is 1. The summed E-state index contributed by atoms with van der Waals surface area (Å²) in [5.74, 6) is -0.117. The van der Waals surface area contributed by atoms with Crippen molar-refractivity contribution in [3.63, 3.8) is 0 Å². The molecule has 0 N–H and O–H groups in total. The van der Waals surface area contributed by atoms with Crippen molar-refractivity contribution >= 4 is 23.2 Å². The maximum Gasteiger partial charge on any atom is 0.348 e. The van der Waals surface area contributed by atoms with E-state index in [-0.39, 0.29) is 5.91 Å². The van der Waals surface area contributed by atoms with Gasteiger partial charge >= 0.3 is 5.97 Å². The molecule has 0 aliphatic rings. The first kappa shape index (κ1) is 16.7. The van der Waals surface area contributed by atoms with Gasteiger partial charge in [-0.2, -0.15) is 0 Å². The van der Waals surface area contributed by atoms with E-state index < -0.39 is 5.97 Å². The quantitative estimate of drug-likeness (QED) is 0.725. The van der Waals surface area contributed by atoms with E-state index in [2.05, 4.69) is 18.6 Å². The van der Waals surface area contributed by atoms with E-state index in [1.165, 1.54) is 7.11 Å². The fourth-order valence-corrected chi connectivity index (χ4v) is 2.63. The second-order valence-corrected chi connectivity index (χ2v) is 5.88. The lowest BCUT2D eigenvalue weighted by atomic mass is 10.2. The average molecular weight is 299 g/mol. The van der Waals surface area contributed by atoms with Crippen LogP contribution in [0.3, 0.4) is 0 Å². The van der Waals surface area contributed by atoms with Crippen molar-refractivity contribution in [2.75, 3.05) is 33.9 Å². The summed E-state index contributed by atoms with van der Waals surface area (Å²) in [7, 11) is 2.94. The molecule has 0 aromatic carbocycles. The Balaban J connectivity index is 2.82. The van der Waals surface area contributed by atoms with Gasteiger partial charge in [-0.1, -0.05) is 13.8 Å². The largest absolute Gasteiger partial charge is 0.465 e. The maximum absolute atomic E-state index is 12.4. The molecule has 1 aromatic heterocycles. The van der Waals surface area contributed by atoms with Gasteiger partial charge in [-0.25, -0.2) is 4.79 Å². The molecule has 0 aliphatic heterocycles. The smallest absolute Gasteiger partial charge is 0.348 e. The fourth-order valence-electron chi connectivity index (χ4n) is 1.74. The maximum atomic E-state index is 12.4. The summed E-state index contributed by atoms with van der Waals surface area (Å²) in [6, 6.07) is 3.28. The molecule has 1 rings (SSSR count). The summed E-state index contributed by atoms with van der Waals surface area (Å²) in [4.78, 5) is 26.6. The molecule has 112 valence electrons. The van der Waals surface area contributed by atoms with Crippen LogP contribution in [0, 0.1) is 5.92 Å². The van der Waals surface area contributed by atoms with Crippen LogP contribution in [0.5, 0.6) is 0 Å². The van der Waals surface area contributed by atoms with E-state index in [9.17, 15) is 9.59 Å². The zero-order chi connectivity index (χ0) is 15.1. The van der Waals surface area contributed by atoms with Gasteiger partial charge < -0.3 is 14.4 Å². The number of rotatable bonds is 7. The van der Waals surface area contributed by atoms with E-state index in [0.717, 1.165) is 11.3 Å². The third kappa shape index (κ3) is 4.61. The molecule has 0 atom stereocenters. The summed E-state index contributed by atoms with van der Waals surface area (Å²) in [5, 5.41) is 0. The van der Waals surface area contributed by atoms with E-state index in [1.807, 2.05) is 0 Å². The molecule has 0 spiro atoms. The number of hydrogen-bond donors (Lipinski definition) is 0. The van der Waals surface area contributed by atoms with Gasteiger partial charge in [-0.05, 0) is 18.1 Å². The van der Waals surface area contributed by atoms with Crippen LogP contribution in [-0.2, 0) is 9.47 Å². The van der Waals surface area contributed by atoms with Crippen molar-refractivity contribution in [2.45, 2.75) is 13.8 Å². The normalized spacial score (nSPS) is 10.7. The molecule has 0 fully saturated rings. The Labute approximate surface area is 123 Å². The van der Waals surface area contributed by atoms with Gasteiger partial charge in [0.2, 0.25) is 0 Å². The second kappa shape index (κ2) is 8.01. The molecule has 1 aromatic rings. The minimum atomic E-state index is -0.415. The van der Waals surface area contributed by atoms with Crippen LogP contribution in [-0.4, -0.2) is 50.7 Å². The highest BCUT2D eigenvalue weighted by Gasteiger charge is 2.20. The predicted molar refractivity (Wildman–Crippen MR) is 78.3 cm³/mol. The summed E-state index contributed by atoms with van der Waals surface area (Å²) in [6.07, 6.45) is 0. The highest BCUT2D eigenvalue weighted by atomic mass is 32.1. The van der Waals surface area contributed by atoms with Crippen molar-refractivity contribution in [1.29, 1.82) is 0 Å². The number of nitrogens with zero attached hydrogens (tertiary/aromatic N) is 1. The second-order valence-electron chi connectivity index (χ2n) is 4.79. The van der Waals surface area contributed by atoms with Gasteiger partial charge in [0.15, 0.2) is 0 Å². The van der Waals surface area contributed by atoms with Crippen LogP contribution >= 0.6 is 11.3 Å².